The van der Waals surface area contributed by atoms with Gasteiger partial charge >= 0.3 is 12.1 Å². The summed E-state index contributed by atoms with van der Waals surface area (Å²) in [6.07, 6.45) is 1.50. The van der Waals surface area contributed by atoms with Crippen LogP contribution in [0.3, 0.4) is 0 Å². The Morgan fingerprint density at radius 2 is 2.11 bits per heavy atom. The normalized spacial score (nSPS) is 16.7. The van der Waals surface area contributed by atoms with Gasteiger partial charge in [0.2, 0.25) is 0 Å². The van der Waals surface area contributed by atoms with Gasteiger partial charge in [0.15, 0.2) is 0 Å². The topological polar surface area (TPSA) is 49.4 Å². The fourth-order valence-electron chi connectivity index (χ4n) is 0.561. The molecule has 48 valence electrons. The molecule has 0 aromatic carbocycles. The average molecular weight is 126 g/mol. The minimum Gasteiger partial charge on any atom is -0.259 e. The molecule has 0 saturated carbocycles. The quantitative estimate of drug-likeness (QED) is 0.541. The number of carbonyl (C=O) groups is 2. The first-order valence-electron chi connectivity index (χ1n) is 2.49. The van der Waals surface area contributed by atoms with Gasteiger partial charge in [-0.25, -0.2) is 14.5 Å². The van der Waals surface area contributed by atoms with Crippen LogP contribution in [0.1, 0.15) is 0 Å². The molecule has 1 heterocycles. The molecule has 4 amide bonds. The molecule has 0 aromatic heterocycles. The molecule has 0 unspecified atom stereocenters. The van der Waals surface area contributed by atoms with Gasteiger partial charge in [0, 0.05) is 0 Å². The molecule has 9 heavy (non-hydrogen) atoms. The van der Waals surface area contributed by atoms with Crippen molar-refractivity contribution in [2.24, 2.45) is 0 Å². The molecule has 1 rings (SSSR count). The predicted molar refractivity (Wildman–Crippen MR) is 30.8 cm³/mol. The second kappa shape index (κ2) is 1.89. The molecule has 1 aliphatic rings. The van der Waals surface area contributed by atoms with Gasteiger partial charge in [0.05, 0.1) is 6.54 Å². The van der Waals surface area contributed by atoms with E-state index in [1.54, 1.807) is 0 Å². The first-order chi connectivity index (χ1) is 4.25. The zero-order chi connectivity index (χ0) is 6.85. The van der Waals surface area contributed by atoms with Crippen LogP contribution in [0, 0.1) is 0 Å². The summed E-state index contributed by atoms with van der Waals surface area (Å²) in [5.74, 6) is 0. The van der Waals surface area contributed by atoms with Crippen molar-refractivity contribution in [3.8, 4) is 0 Å². The second-order valence-electron chi connectivity index (χ2n) is 1.63. The van der Waals surface area contributed by atoms with Crippen molar-refractivity contribution in [1.29, 1.82) is 0 Å². The zero-order valence-electron chi connectivity index (χ0n) is 4.76. The Bertz CT molecular complexity index is 162. The van der Waals surface area contributed by atoms with Crippen LogP contribution in [0.25, 0.3) is 0 Å². The van der Waals surface area contributed by atoms with E-state index in [0.29, 0.717) is 6.54 Å². The van der Waals surface area contributed by atoms with E-state index < -0.39 is 0 Å². The maximum Gasteiger partial charge on any atom is 0.333 e. The third-order valence-corrected chi connectivity index (χ3v) is 1.02. The van der Waals surface area contributed by atoms with Crippen molar-refractivity contribution in [2.75, 3.05) is 6.54 Å². The summed E-state index contributed by atoms with van der Waals surface area (Å²) >= 11 is 0. The van der Waals surface area contributed by atoms with E-state index in [0.717, 1.165) is 4.90 Å². The highest BCUT2D eigenvalue weighted by molar-refractivity contribution is 6.11. The van der Waals surface area contributed by atoms with Crippen molar-refractivity contribution in [1.82, 2.24) is 10.2 Å². The lowest BCUT2D eigenvalue weighted by Crippen LogP contribution is -2.61. The maximum absolute atomic E-state index is 10.4. The molecule has 4 nitrogen and oxygen atoms in total. The lowest BCUT2D eigenvalue weighted by atomic mass is 10.5. The SMILES string of the molecule is C=CCN1C(=O)NC1=O. The van der Waals surface area contributed by atoms with E-state index in [1.165, 1.54) is 6.08 Å². The molecule has 1 saturated heterocycles. The van der Waals surface area contributed by atoms with E-state index in [9.17, 15) is 9.59 Å². The molecule has 0 spiro atoms. The number of nitrogens with zero attached hydrogens (tertiary/aromatic N) is 1. The van der Waals surface area contributed by atoms with Gasteiger partial charge in [-0.2, -0.15) is 0 Å². The number of imide groups is 2. The molecule has 0 aliphatic carbocycles. The molecule has 1 fully saturated rings. The molecule has 0 bridgehead atoms. The summed E-state index contributed by atoms with van der Waals surface area (Å²) in [4.78, 5) is 21.8. The molecule has 1 N–H and O–H groups in total. The van der Waals surface area contributed by atoms with Gasteiger partial charge in [-0.05, 0) is 0 Å². The smallest absolute Gasteiger partial charge is 0.259 e. The monoisotopic (exact) mass is 126 g/mol. The van der Waals surface area contributed by atoms with Crippen LogP contribution in [-0.2, 0) is 0 Å². The number of rotatable bonds is 2. The van der Waals surface area contributed by atoms with Crippen LogP contribution in [0.4, 0.5) is 9.59 Å². The summed E-state index contributed by atoms with van der Waals surface area (Å²) in [6.45, 7) is 3.67. The summed E-state index contributed by atoms with van der Waals surface area (Å²) in [5.41, 5.74) is 0. The highest BCUT2D eigenvalue weighted by Crippen LogP contribution is 2.00. The van der Waals surface area contributed by atoms with Gasteiger partial charge in [-0.3, -0.25) is 5.32 Å². The van der Waals surface area contributed by atoms with Crippen LogP contribution in [0.2, 0.25) is 0 Å². The van der Waals surface area contributed by atoms with Crippen molar-refractivity contribution >= 4 is 12.1 Å². The standard InChI is InChI=1S/C5H6N2O2/c1-2-3-7-4(8)6-5(7)9/h2H,1,3H2,(H,6,8,9). The summed E-state index contributed by atoms with van der Waals surface area (Å²) in [7, 11) is 0. The molecule has 0 aromatic rings. The van der Waals surface area contributed by atoms with Gasteiger partial charge < -0.3 is 0 Å². The summed E-state index contributed by atoms with van der Waals surface area (Å²) in [5, 5.41) is 2.04. The minimum atomic E-state index is -0.347. The van der Waals surface area contributed by atoms with E-state index in [2.05, 4.69) is 6.58 Å². The summed E-state index contributed by atoms with van der Waals surface area (Å²) in [6, 6.07) is -0.695. The van der Waals surface area contributed by atoms with E-state index >= 15 is 0 Å². The maximum atomic E-state index is 10.4. The van der Waals surface area contributed by atoms with Gasteiger partial charge in [0.1, 0.15) is 0 Å². The Morgan fingerprint density at radius 3 is 2.33 bits per heavy atom. The Balaban J connectivity index is 2.48. The van der Waals surface area contributed by atoms with Crippen molar-refractivity contribution < 1.29 is 9.59 Å². The molecular formula is C5H6N2O2. The minimum absolute atomic E-state index is 0.296. The third kappa shape index (κ3) is 0.782. The number of carbonyl (C=O) groups excluding carboxylic acids is 2. The zero-order valence-corrected chi connectivity index (χ0v) is 4.76. The van der Waals surface area contributed by atoms with Crippen molar-refractivity contribution in [3.05, 3.63) is 12.7 Å². The molecular weight excluding hydrogens is 120 g/mol. The third-order valence-electron chi connectivity index (χ3n) is 1.02. The number of hydrogen-bond donors (Lipinski definition) is 1. The number of hydrogen-bond acceptors (Lipinski definition) is 2. The predicted octanol–water partition coefficient (Wildman–Crippen LogP) is 0.318. The molecule has 0 atom stereocenters. The van der Waals surface area contributed by atoms with Crippen LogP contribution < -0.4 is 5.32 Å². The molecule has 4 heteroatoms. The Kier molecular flexibility index (Phi) is 1.22. The largest absolute Gasteiger partial charge is 0.333 e. The molecule has 0 radical (unpaired) electrons. The van der Waals surface area contributed by atoms with Crippen LogP contribution in [-0.4, -0.2) is 23.5 Å². The lowest BCUT2D eigenvalue weighted by molar-refractivity contribution is 0.166. The van der Waals surface area contributed by atoms with Crippen LogP contribution in [0.5, 0.6) is 0 Å². The van der Waals surface area contributed by atoms with Gasteiger partial charge in [-0.15, -0.1) is 6.58 Å². The van der Waals surface area contributed by atoms with E-state index in [1.807, 2.05) is 5.32 Å². The number of urea groups is 2. The van der Waals surface area contributed by atoms with Crippen molar-refractivity contribution in [3.63, 3.8) is 0 Å². The van der Waals surface area contributed by atoms with E-state index in [-0.39, 0.29) is 12.1 Å². The first-order valence-corrected chi connectivity index (χ1v) is 2.49. The van der Waals surface area contributed by atoms with Crippen molar-refractivity contribution in [2.45, 2.75) is 0 Å². The number of amides is 4. The Hall–Kier alpha value is -1.32. The second-order valence-corrected chi connectivity index (χ2v) is 1.63. The van der Waals surface area contributed by atoms with Crippen LogP contribution >= 0.6 is 0 Å². The number of nitrogens with one attached hydrogen (secondary N) is 1. The highest BCUT2D eigenvalue weighted by atomic mass is 16.2. The lowest BCUT2D eigenvalue weighted by Gasteiger charge is -2.27. The molecule has 1 aliphatic heterocycles. The Morgan fingerprint density at radius 1 is 1.56 bits per heavy atom. The average Bonchev–Trinajstić information content (AvgIpc) is 1.84. The fourth-order valence-corrected chi connectivity index (χ4v) is 0.561. The van der Waals surface area contributed by atoms with Gasteiger partial charge in [-0.1, -0.05) is 6.08 Å². The first kappa shape index (κ1) is 5.81. The summed E-state index contributed by atoms with van der Waals surface area (Å²) < 4.78 is 0. The Labute approximate surface area is 52.1 Å². The van der Waals surface area contributed by atoms with Gasteiger partial charge in [0.25, 0.3) is 0 Å². The van der Waals surface area contributed by atoms with Crippen LogP contribution in [0.15, 0.2) is 12.7 Å². The highest BCUT2D eigenvalue weighted by Gasteiger charge is 2.31. The fraction of sp³-hybridized carbons (Fsp3) is 0.200. The van der Waals surface area contributed by atoms with E-state index in [4.69, 9.17) is 0 Å².